The van der Waals surface area contributed by atoms with Crippen molar-refractivity contribution < 1.29 is 9.32 Å². The molecule has 1 aromatic rings. The van der Waals surface area contributed by atoms with E-state index in [0.29, 0.717) is 5.75 Å². The Balaban J connectivity index is 0.00000180. The number of halogens is 1. The highest BCUT2D eigenvalue weighted by Gasteiger charge is 2.16. The van der Waals surface area contributed by atoms with Crippen LogP contribution in [0, 0.1) is 13.8 Å². The highest BCUT2D eigenvalue weighted by Crippen LogP contribution is 2.19. The summed E-state index contributed by atoms with van der Waals surface area (Å²) in [6.45, 7) is 7.30. The van der Waals surface area contributed by atoms with E-state index in [1.165, 1.54) is 0 Å². The molecule has 2 rings (SSSR count). The lowest BCUT2D eigenvalue weighted by Crippen LogP contribution is -2.47. The fourth-order valence-electron chi connectivity index (χ4n) is 1.95. The van der Waals surface area contributed by atoms with Crippen molar-refractivity contribution in [2.45, 2.75) is 19.6 Å². The molecule has 5 nitrogen and oxygen atoms in total. The van der Waals surface area contributed by atoms with Crippen LogP contribution in [0.4, 0.5) is 0 Å². The molecule has 108 valence electrons. The van der Waals surface area contributed by atoms with Gasteiger partial charge in [-0.25, -0.2) is 0 Å². The minimum absolute atomic E-state index is 0. The minimum atomic E-state index is 0. The summed E-state index contributed by atoms with van der Waals surface area (Å²) < 4.78 is 5.10. The molecule has 1 saturated heterocycles. The van der Waals surface area contributed by atoms with Crippen molar-refractivity contribution in [3.63, 3.8) is 0 Å². The quantitative estimate of drug-likeness (QED) is 0.911. The molecule has 0 bridgehead atoms. The van der Waals surface area contributed by atoms with Gasteiger partial charge in [-0.1, -0.05) is 5.16 Å². The maximum absolute atomic E-state index is 11.9. The summed E-state index contributed by atoms with van der Waals surface area (Å²) in [6, 6.07) is 0. The van der Waals surface area contributed by atoms with Crippen molar-refractivity contribution >= 4 is 30.1 Å². The number of thioether (sulfide) groups is 1. The van der Waals surface area contributed by atoms with Gasteiger partial charge in [-0.05, 0) is 13.8 Å². The summed E-state index contributed by atoms with van der Waals surface area (Å²) in [5, 5.41) is 7.15. The standard InChI is InChI=1S/C12H19N3O2S.ClH/c1-9-11(10(2)17-14-9)7-18-8-12(16)15-5-3-13-4-6-15;/h13H,3-8H2,1-2H3;1H. The summed E-state index contributed by atoms with van der Waals surface area (Å²) >= 11 is 1.63. The lowest BCUT2D eigenvalue weighted by Gasteiger charge is -2.27. The Morgan fingerprint density at radius 3 is 2.68 bits per heavy atom. The molecule has 1 aliphatic rings. The smallest absolute Gasteiger partial charge is 0.232 e. The predicted octanol–water partition coefficient (Wildman–Crippen LogP) is 1.38. The van der Waals surface area contributed by atoms with Crippen LogP contribution in [0.1, 0.15) is 17.0 Å². The average Bonchev–Trinajstić information content (AvgIpc) is 2.71. The van der Waals surface area contributed by atoms with Crippen LogP contribution in [-0.4, -0.2) is 47.9 Å². The molecule has 0 aromatic carbocycles. The summed E-state index contributed by atoms with van der Waals surface area (Å²) in [7, 11) is 0. The van der Waals surface area contributed by atoms with Gasteiger partial charge in [0.15, 0.2) is 0 Å². The first kappa shape index (κ1) is 16.3. The molecule has 0 aliphatic carbocycles. The number of amides is 1. The summed E-state index contributed by atoms with van der Waals surface area (Å²) in [6.07, 6.45) is 0. The van der Waals surface area contributed by atoms with Gasteiger partial charge in [0.2, 0.25) is 5.91 Å². The Bertz CT molecular complexity index is 400. The number of rotatable bonds is 4. The van der Waals surface area contributed by atoms with Crippen LogP contribution in [0.3, 0.4) is 0 Å². The predicted molar refractivity (Wildman–Crippen MR) is 78.8 cm³/mol. The molecular weight excluding hydrogens is 286 g/mol. The monoisotopic (exact) mass is 305 g/mol. The van der Waals surface area contributed by atoms with E-state index in [1.54, 1.807) is 11.8 Å². The fraction of sp³-hybridized carbons (Fsp3) is 0.667. The van der Waals surface area contributed by atoms with E-state index in [1.807, 2.05) is 18.7 Å². The first-order valence-corrected chi connectivity index (χ1v) is 7.32. The van der Waals surface area contributed by atoms with Gasteiger partial charge in [-0.15, -0.1) is 24.2 Å². The van der Waals surface area contributed by atoms with Gasteiger partial charge >= 0.3 is 0 Å². The largest absolute Gasteiger partial charge is 0.361 e. The van der Waals surface area contributed by atoms with E-state index in [0.717, 1.165) is 48.9 Å². The molecule has 1 aliphatic heterocycles. The minimum Gasteiger partial charge on any atom is -0.361 e. The normalized spacial score (nSPS) is 15.2. The fourth-order valence-corrected chi connectivity index (χ4v) is 3.03. The Morgan fingerprint density at radius 2 is 2.11 bits per heavy atom. The number of aromatic nitrogens is 1. The van der Waals surface area contributed by atoms with Gasteiger partial charge in [0.1, 0.15) is 5.76 Å². The summed E-state index contributed by atoms with van der Waals surface area (Å²) in [5.74, 6) is 2.41. The van der Waals surface area contributed by atoms with Crippen molar-refractivity contribution in [1.82, 2.24) is 15.4 Å². The molecule has 0 spiro atoms. The average molecular weight is 306 g/mol. The van der Waals surface area contributed by atoms with E-state index < -0.39 is 0 Å². The van der Waals surface area contributed by atoms with Crippen molar-refractivity contribution in [3.05, 3.63) is 17.0 Å². The third-order valence-electron chi connectivity index (χ3n) is 3.12. The Morgan fingerprint density at radius 1 is 1.42 bits per heavy atom. The SMILES string of the molecule is Cc1noc(C)c1CSCC(=O)N1CCNCC1.Cl. The number of hydrogen-bond acceptors (Lipinski definition) is 5. The van der Waals surface area contributed by atoms with E-state index in [2.05, 4.69) is 10.5 Å². The number of aryl methyl sites for hydroxylation is 2. The first-order chi connectivity index (χ1) is 8.68. The van der Waals surface area contributed by atoms with Gasteiger partial charge in [0.05, 0.1) is 11.4 Å². The number of nitrogens with one attached hydrogen (secondary N) is 1. The number of nitrogens with zero attached hydrogens (tertiary/aromatic N) is 2. The zero-order valence-corrected chi connectivity index (χ0v) is 12.9. The molecule has 0 atom stereocenters. The summed E-state index contributed by atoms with van der Waals surface area (Å²) in [4.78, 5) is 13.9. The second-order valence-corrected chi connectivity index (χ2v) is 5.41. The molecule has 1 amide bonds. The van der Waals surface area contributed by atoms with E-state index in [4.69, 9.17) is 4.52 Å². The van der Waals surface area contributed by atoms with Crippen molar-refractivity contribution in [3.8, 4) is 0 Å². The first-order valence-electron chi connectivity index (χ1n) is 6.16. The number of carbonyl (C=O) groups excluding carboxylic acids is 1. The van der Waals surface area contributed by atoms with Gasteiger partial charge in [-0.2, -0.15) is 0 Å². The molecule has 1 aromatic heterocycles. The Kier molecular flexibility index (Phi) is 6.68. The maximum Gasteiger partial charge on any atom is 0.232 e. The lowest BCUT2D eigenvalue weighted by atomic mass is 10.2. The van der Waals surface area contributed by atoms with Gasteiger partial charge in [0.25, 0.3) is 0 Å². The van der Waals surface area contributed by atoms with E-state index >= 15 is 0 Å². The van der Waals surface area contributed by atoms with Crippen molar-refractivity contribution in [1.29, 1.82) is 0 Å². The van der Waals surface area contributed by atoms with Crippen molar-refractivity contribution in [2.24, 2.45) is 0 Å². The molecular formula is C12H20ClN3O2S. The summed E-state index contributed by atoms with van der Waals surface area (Å²) in [5.41, 5.74) is 2.04. The van der Waals surface area contributed by atoms with Gasteiger partial charge in [0, 0.05) is 37.5 Å². The van der Waals surface area contributed by atoms with Crippen LogP contribution in [0.15, 0.2) is 4.52 Å². The molecule has 19 heavy (non-hydrogen) atoms. The highest BCUT2D eigenvalue weighted by atomic mass is 35.5. The van der Waals surface area contributed by atoms with Crippen LogP contribution in [0.5, 0.6) is 0 Å². The Labute approximate surface area is 123 Å². The van der Waals surface area contributed by atoms with Crippen LogP contribution < -0.4 is 5.32 Å². The number of carbonyl (C=O) groups is 1. The highest BCUT2D eigenvalue weighted by molar-refractivity contribution is 7.99. The third-order valence-corrected chi connectivity index (χ3v) is 4.07. The second kappa shape index (κ2) is 7.77. The zero-order valence-electron chi connectivity index (χ0n) is 11.3. The topological polar surface area (TPSA) is 58.4 Å². The van der Waals surface area contributed by atoms with Crippen LogP contribution in [-0.2, 0) is 10.5 Å². The molecule has 7 heteroatoms. The molecule has 1 N–H and O–H groups in total. The van der Waals surface area contributed by atoms with Gasteiger partial charge < -0.3 is 14.7 Å². The Hall–Kier alpha value is -0.720. The molecule has 0 radical (unpaired) electrons. The van der Waals surface area contributed by atoms with Crippen LogP contribution >= 0.6 is 24.2 Å². The van der Waals surface area contributed by atoms with Crippen molar-refractivity contribution in [2.75, 3.05) is 31.9 Å². The maximum atomic E-state index is 11.9. The molecule has 0 unspecified atom stereocenters. The molecule has 2 heterocycles. The molecule has 0 saturated carbocycles. The number of hydrogen-bond donors (Lipinski definition) is 1. The zero-order chi connectivity index (χ0) is 13.0. The lowest BCUT2D eigenvalue weighted by molar-refractivity contribution is -0.128. The molecule has 1 fully saturated rings. The van der Waals surface area contributed by atoms with Gasteiger partial charge in [-0.3, -0.25) is 4.79 Å². The second-order valence-electron chi connectivity index (χ2n) is 4.43. The van der Waals surface area contributed by atoms with E-state index in [9.17, 15) is 4.79 Å². The van der Waals surface area contributed by atoms with E-state index in [-0.39, 0.29) is 18.3 Å². The van der Waals surface area contributed by atoms with Crippen LogP contribution in [0.2, 0.25) is 0 Å². The number of piperazine rings is 1. The third kappa shape index (κ3) is 4.40. The van der Waals surface area contributed by atoms with Crippen LogP contribution in [0.25, 0.3) is 0 Å².